The second-order valence-corrected chi connectivity index (χ2v) is 6.38. The van der Waals surface area contributed by atoms with E-state index in [9.17, 15) is 4.21 Å². The molecular formula is C10H19NOS. The van der Waals surface area contributed by atoms with Crippen molar-refractivity contribution < 1.29 is 4.21 Å². The van der Waals surface area contributed by atoms with Crippen molar-refractivity contribution in [2.24, 2.45) is 11.1 Å². The fraction of sp³-hybridized carbons (Fsp3) is 0.600. The van der Waals surface area contributed by atoms with Gasteiger partial charge in [0.2, 0.25) is 0 Å². The van der Waals surface area contributed by atoms with E-state index in [1.165, 1.54) is 0 Å². The minimum atomic E-state index is -2.56. The summed E-state index contributed by atoms with van der Waals surface area (Å²) in [7, 11) is -2.56. The maximum Gasteiger partial charge on any atom is 0.0115 e. The Morgan fingerprint density at radius 1 is 1.62 bits per heavy atom. The molecule has 76 valence electrons. The van der Waals surface area contributed by atoms with E-state index in [2.05, 4.69) is 25.7 Å². The van der Waals surface area contributed by atoms with Gasteiger partial charge in [0, 0.05) is 17.6 Å². The highest BCUT2D eigenvalue weighted by Gasteiger charge is 2.00. The molecule has 0 aromatic rings. The summed E-state index contributed by atoms with van der Waals surface area (Å²) in [6.45, 7) is 5.97. The average Bonchev–Trinajstić information content (AvgIpc) is 1.95. The van der Waals surface area contributed by atoms with Gasteiger partial charge in [0.1, 0.15) is 0 Å². The molecular weight excluding hydrogens is 182 g/mol. The molecule has 0 spiro atoms. The van der Waals surface area contributed by atoms with Gasteiger partial charge in [-0.3, -0.25) is 9.35 Å². The molecule has 2 N–H and O–H groups in total. The van der Waals surface area contributed by atoms with Gasteiger partial charge in [-0.1, -0.05) is 25.7 Å². The van der Waals surface area contributed by atoms with Gasteiger partial charge in [-0.2, -0.15) is 0 Å². The zero-order valence-corrected chi connectivity index (χ0v) is 9.69. The summed E-state index contributed by atoms with van der Waals surface area (Å²) in [5, 5.41) is 5.44. The summed E-state index contributed by atoms with van der Waals surface area (Å²) in [6, 6.07) is 0. The lowest BCUT2D eigenvalue weighted by molar-refractivity contribution is 0.676. The van der Waals surface area contributed by atoms with Gasteiger partial charge in [0.05, 0.1) is 0 Å². The first kappa shape index (κ1) is 12.4. The van der Waals surface area contributed by atoms with E-state index >= 15 is 0 Å². The molecule has 3 heteroatoms. The molecule has 0 aliphatic carbocycles. The van der Waals surface area contributed by atoms with Crippen molar-refractivity contribution in [3.05, 3.63) is 11.0 Å². The van der Waals surface area contributed by atoms with E-state index < -0.39 is 10.1 Å². The summed E-state index contributed by atoms with van der Waals surface area (Å²) < 4.78 is 11.3. The van der Waals surface area contributed by atoms with E-state index in [-0.39, 0.29) is 0 Å². The lowest BCUT2D eigenvalue weighted by Crippen LogP contribution is -2.21. The van der Waals surface area contributed by atoms with Crippen molar-refractivity contribution in [2.75, 3.05) is 6.26 Å². The third-order valence-corrected chi connectivity index (χ3v) is 3.12. The van der Waals surface area contributed by atoms with E-state index in [0.29, 0.717) is 10.8 Å². The van der Waals surface area contributed by atoms with Crippen molar-refractivity contribution in [1.29, 1.82) is 0 Å². The Hall–Kier alpha value is -0.590. The first-order chi connectivity index (χ1) is 5.84. The highest BCUT2D eigenvalue weighted by molar-refractivity contribution is 8.03. The molecule has 0 aliphatic rings. The maximum atomic E-state index is 11.3. The van der Waals surface area contributed by atoms with Gasteiger partial charge in [-0.25, -0.2) is 0 Å². The van der Waals surface area contributed by atoms with Crippen LogP contribution in [0.25, 0.3) is 0 Å². The van der Waals surface area contributed by atoms with Crippen LogP contribution in [0.2, 0.25) is 0 Å². The van der Waals surface area contributed by atoms with Crippen molar-refractivity contribution in [2.45, 2.75) is 27.2 Å². The molecule has 0 unspecified atom stereocenters. The number of nitrogens with two attached hydrogens (primary N) is 1. The Kier molecular flexibility index (Phi) is 4.97. The number of hydrogen-bond donors (Lipinski definition) is 2. The molecule has 0 fully saturated rings. The molecule has 2 nitrogen and oxygen atoms in total. The summed E-state index contributed by atoms with van der Waals surface area (Å²) in [6.07, 6.45) is 4.06. The number of thiol groups is 1. The number of allylic oxidation sites excluding steroid dienone is 2. The third-order valence-electron chi connectivity index (χ3n) is 1.59. The molecule has 0 aromatic carbocycles. The Morgan fingerprint density at radius 3 is 2.54 bits per heavy atom. The van der Waals surface area contributed by atoms with Crippen LogP contribution in [0.15, 0.2) is 11.0 Å². The van der Waals surface area contributed by atoms with Crippen LogP contribution < -0.4 is 5.14 Å². The summed E-state index contributed by atoms with van der Waals surface area (Å²) in [5.74, 6) is 6.42. The normalized spacial score (nSPS) is 13.8. The second kappa shape index (κ2) is 5.21. The van der Waals surface area contributed by atoms with E-state index in [0.717, 1.165) is 6.42 Å². The molecule has 0 amide bonds. The molecule has 0 atom stereocenters. The molecule has 0 aromatic heterocycles. The van der Waals surface area contributed by atoms with Gasteiger partial charge >= 0.3 is 0 Å². The third kappa shape index (κ3) is 6.56. The minimum Gasteiger partial charge on any atom is -0.270 e. The predicted molar refractivity (Wildman–Crippen MR) is 60.6 cm³/mol. The highest BCUT2D eigenvalue weighted by atomic mass is 32.3. The second-order valence-electron chi connectivity index (χ2n) is 3.69. The van der Waals surface area contributed by atoms with Crippen LogP contribution >= 0.6 is 0 Å². The van der Waals surface area contributed by atoms with Crippen molar-refractivity contribution in [3.8, 4) is 11.8 Å². The molecule has 0 aliphatic heterocycles. The van der Waals surface area contributed by atoms with Gasteiger partial charge in [-0.05, 0) is 29.0 Å². The Balaban J connectivity index is 4.25. The topological polar surface area (TPSA) is 43.1 Å². The Morgan fingerprint density at radius 2 is 2.15 bits per heavy atom. The summed E-state index contributed by atoms with van der Waals surface area (Å²) in [4.78, 5) is 0.684. The number of hydrogen-bond acceptors (Lipinski definition) is 1. The van der Waals surface area contributed by atoms with Gasteiger partial charge in [-0.15, -0.1) is 0 Å². The first-order valence-corrected chi connectivity index (χ1v) is 6.58. The lowest BCUT2D eigenvalue weighted by atomic mass is 10.1. The van der Waals surface area contributed by atoms with E-state index in [1.807, 2.05) is 0 Å². The zero-order valence-electron chi connectivity index (χ0n) is 8.79. The van der Waals surface area contributed by atoms with E-state index in [1.54, 1.807) is 19.3 Å². The predicted octanol–water partition coefficient (Wildman–Crippen LogP) is 1.46. The van der Waals surface area contributed by atoms with Crippen molar-refractivity contribution in [3.63, 3.8) is 0 Å². The average molecular weight is 201 g/mol. The molecule has 0 bridgehead atoms. The summed E-state index contributed by atoms with van der Waals surface area (Å²) >= 11 is 0. The van der Waals surface area contributed by atoms with Crippen LogP contribution in [0, 0.1) is 17.8 Å². The molecule has 0 saturated carbocycles. The smallest absolute Gasteiger partial charge is 0.0115 e. The zero-order chi connectivity index (χ0) is 10.5. The van der Waals surface area contributed by atoms with Crippen LogP contribution in [0.4, 0.5) is 0 Å². The monoisotopic (exact) mass is 201 g/mol. The molecule has 0 heterocycles. The van der Waals surface area contributed by atoms with Crippen LogP contribution in [-0.4, -0.2) is 10.5 Å². The molecule has 0 saturated heterocycles. The van der Waals surface area contributed by atoms with Gasteiger partial charge < -0.3 is 0 Å². The molecule has 13 heavy (non-hydrogen) atoms. The van der Waals surface area contributed by atoms with Crippen LogP contribution in [0.3, 0.4) is 0 Å². The SMILES string of the molecule is C/C(=C\C#CCC(C)C)[SH](C)(N)=O. The minimum absolute atomic E-state index is 0.576. The van der Waals surface area contributed by atoms with Gasteiger partial charge in [0.15, 0.2) is 0 Å². The maximum absolute atomic E-state index is 11.3. The fourth-order valence-corrected chi connectivity index (χ4v) is 0.868. The largest absolute Gasteiger partial charge is 0.270 e. The van der Waals surface area contributed by atoms with Crippen LogP contribution in [0.5, 0.6) is 0 Å². The summed E-state index contributed by atoms with van der Waals surface area (Å²) in [5.41, 5.74) is 0. The van der Waals surface area contributed by atoms with Crippen molar-refractivity contribution >= 4 is 10.1 Å². The van der Waals surface area contributed by atoms with E-state index in [4.69, 9.17) is 5.14 Å². The highest BCUT2D eigenvalue weighted by Crippen LogP contribution is 2.04. The number of rotatable bonds is 2. The Labute approximate surface area is 82.2 Å². The quantitative estimate of drug-likeness (QED) is 0.515. The van der Waals surface area contributed by atoms with Crippen LogP contribution in [-0.2, 0) is 10.1 Å². The molecule has 0 radical (unpaired) electrons. The van der Waals surface area contributed by atoms with Gasteiger partial charge in [0.25, 0.3) is 0 Å². The Bertz CT molecular complexity index is 288. The molecule has 0 rings (SSSR count). The standard InChI is InChI=1S/C10H19NOS/c1-9(2)7-5-6-8-10(3)13(4,11)12/h8-9,13H,7H2,1-4H3,(H2,11,12)/b10-8+. The lowest BCUT2D eigenvalue weighted by Gasteiger charge is -2.10. The van der Waals surface area contributed by atoms with Crippen molar-refractivity contribution in [1.82, 2.24) is 0 Å². The van der Waals surface area contributed by atoms with Crippen LogP contribution in [0.1, 0.15) is 27.2 Å². The first-order valence-electron chi connectivity index (χ1n) is 4.36. The fourth-order valence-electron chi connectivity index (χ4n) is 0.547.